The summed E-state index contributed by atoms with van der Waals surface area (Å²) in [5, 5.41) is 0. The SMILES string of the molecule is COC(=O)C1=C(N)Oc2cc(C)n(CCN(C)C)c(=O)c2[C@H]1c1cccc(OC)c1. The van der Waals surface area contributed by atoms with E-state index in [9.17, 15) is 9.59 Å². The molecule has 1 aliphatic rings. The molecule has 1 aromatic heterocycles. The molecule has 30 heavy (non-hydrogen) atoms. The van der Waals surface area contributed by atoms with Crippen LogP contribution in [0.25, 0.3) is 0 Å². The highest BCUT2D eigenvalue weighted by atomic mass is 16.5. The van der Waals surface area contributed by atoms with Crippen LogP contribution in [0.2, 0.25) is 0 Å². The maximum Gasteiger partial charge on any atom is 0.340 e. The first-order valence-electron chi connectivity index (χ1n) is 9.57. The number of esters is 1. The molecule has 2 N–H and O–H groups in total. The number of rotatable bonds is 6. The number of nitrogens with zero attached hydrogens (tertiary/aromatic N) is 2. The summed E-state index contributed by atoms with van der Waals surface area (Å²) in [7, 11) is 6.71. The second-order valence-electron chi connectivity index (χ2n) is 7.40. The quantitative estimate of drug-likeness (QED) is 0.719. The van der Waals surface area contributed by atoms with Gasteiger partial charge in [0.2, 0.25) is 5.88 Å². The highest BCUT2D eigenvalue weighted by molar-refractivity contribution is 5.92. The van der Waals surface area contributed by atoms with Crippen LogP contribution in [0.1, 0.15) is 22.7 Å². The third-order valence-electron chi connectivity index (χ3n) is 5.17. The lowest BCUT2D eigenvalue weighted by Gasteiger charge is -2.29. The van der Waals surface area contributed by atoms with E-state index in [1.807, 2.05) is 32.0 Å². The van der Waals surface area contributed by atoms with Gasteiger partial charge in [-0.05, 0) is 38.7 Å². The Morgan fingerprint density at radius 1 is 1.27 bits per heavy atom. The maximum atomic E-state index is 13.6. The van der Waals surface area contributed by atoms with Gasteiger partial charge in [-0.2, -0.15) is 0 Å². The van der Waals surface area contributed by atoms with Crippen molar-refractivity contribution in [1.82, 2.24) is 9.47 Å². The number of nitrogens with two attached hydrogens (primary N) is 1. The second-order valence-corrected chi connectivity index (χ2v) is 7.40. The van der Waals surface area contributed by atoms with Crippen LogP contribution in [-0.4, -0.2) is 50.3 Å². The van der Waals surface area contributed by atoms with Crippen molar-refractivity contribution < 1.29 is 19.0 Å². The van der Waals surface area contributed by atoms with Crippen molar-refractivity contribution in [2.75, 3.05) is 34.9 Å². The molecule has 160 valence electrons. The van der Waals surface area contributed by atoms with E-state index < -0.39 is 11.9 Å². The number of methoxy groups -OCH3 is 2. The molecule has 0 radical (unpaired) electrons. The predicted octanol–water partition coefficient (Wildman–Crippen LogP) is 1.59. The largest absolute Gasteiger partial charge is 0.497 e. The number of ether oxygens (including phenoxy) is 3. The van der Waals surface area contributed by atoms with E-state index in [1.165, 1.54) is 7.11 Å². The second kappa shape index (κ2) is 8.62. The van der Waals surface area contributed by atoms with Crippen molar-refractivity contribution in [2.24, 2.45) is 5.73 Å². The first kappa shape index (κ1) is 21.4. The van der Waals surface area contributed by atoms with E-state index in [0.29, 0.717) is 35.7 Å². The first-order valence-corrected chi connectivity index (χ1v) is 9.57. The molecule has 1 aromatic carbocycles. The zero-order valence-electron chi connectivity index (χ0n) is 17.9. The van der Waals surface area contributed by atoms with Crippen LogP contribution < -0.4 is 20.8 Å². The van der Waals surface area contributed by atoms with E-state index in [2.05, 4.69) is 0 Å². The summed E-state index contributed by atoms with van der Waals surface area (Å²) in [5.74, 6) is -0.521. The summed E-state index contributed by atoms with van der Waals surface area (Å²) in [5.41, 5.74) is 7.76. The molecule has 0 aliphatic carbocycles. The molecule has 0 spiro atoms. The molecule has 0 unspecified atom stereocenters. The van der Waals surface area contributed by atoms with Gasteiger partial charge in [-0.25, -0.2) is 4.79 Å². The molecular weight excluding hydrogens is 386 g/mol. The van der Waals surface area contributed by atoms with Crippen molar-refractivity contribution in [2.45, 2.75) is 19.4 Å². The van der Waals surface area contributed by atoms with Crippen molar-refractivity contribution in [3.8, 4) is 11.5 Å². The van der Waals surface area contributed by atoms with Crippen LogP contribution in [0.3, 0.4) is 0 Å². The number of carbonyl (C=O) groups is 1. The summed E-state index contributed by atoms with van der Waals surface area (Å²) in [6, 6.07) is 8.97. The van der Waals surface area contributed by atoms with Gasteiger partial charge in [0.1, 0.15) is 17.1 Å². The lowest BCUT2D eigenvalue weighted by atomic mass is 9.83. The van der Waals surface area contributed by atoms with E-state index in [1.54, 1.807) is 35.9 Å². The Kier molecular flexibility index (Phi) is 6.17. The standard InChI is InChI=1S/C22H27N3O5/c1-13-11-16-18(21(26)25(13)10-9-24(2)3)17(14-7-6-8-15(12-14)28-4)19(20(23)30-16)22(27)29-5/h6-8,11-12,17H,9-10,23H2,1-5H3/t17-/m1/s1. The number of benzene rings is 1. The average molecular weight is 413 g/mol. The summed E-state index contributed by atoms with van der Waals surface area (Å²) in [4.78, 5) is 28.2. The Labute approximate surface area is 175 Å². The van der Waals surface area contributed by atoms with Gasteiger partial charge >= 0.3 is 5.97 Å². The van der Waals surface area contributed by atoms with Gasteiger partial charge < -0.3 is 29.4 Å². The van der Waals surface area contributed by atoms with Crippen molar-refractivity contribution in [3.63, 3.8) is 0 Å². The van der Waals surface area contributed by atoms with Crippen LogP contribution in [0.15, 0.2) is 46.6 Å². The monoisotopic (exact) mass is 413 g/mol. The van der Waals surface area contributed by atoms with E-state index in [4.69, 9.17) is 19.9 Å². The lowest BCUT2D eigenvalue weighted by Crippen LogP contribution is -2.36. The molecule has 0 bridgehead atoms. The summed E-state index contributed by atoms with van der Waals surface area (Å²) in [6.07, 6.45) is 0. The van der Waals surface area contributed by atoms with Gasteiger partial charge in [0.25, 0.3) is 5.56 Å². The smallest absolute Gasteiger partial charge is 0.340 e. The summed E-state index contributed by atoms with van der Waals surface area (Å²) in [6.45, 7) is 3.03. The molecule has 1 atom stereocenters. The van der Waals surface area contributed by atoms with Crippen LogP contribution in [-0.2, 0) is 16.1 Å². The van der Waals surface area contributed by atoms with E-state index in [-0.39, 0.29) is 17.0 Å². The number of aryl methyl sites for hydroxylation is 1. The van der Waals surface area contributed by atoms with Gasteiger partial charge in [0.05, 0.1) is 25.7 Å². The van der Waals surface area contributed by atoms with E-state index >= 15 is 0 Å². The highest BCUT2D eigenvalue weighted by Crippen LogP contribution is 2.41. The van der Waals surface area contributed by atoms with E-state index in [0.717, 1.165) is 5.69 Å². The molecule has 2 aromatic rings. The van der Waals surface area contributed by atoms with Crippen LogP contribution in [0, 0.1) is 6.92 Å². The molecule has 0 saturated heterocycles. The topological polar surface area (TPSA) is 96.0 Å². The minimum atomic E-state index is -0.741. The third-order valence-corrected chi connectivity index (χ3v) is 5.17. The van der Waals surface area contributed by atoms with Gasteiger partial charge in [-0.15, -0.1) is 0 Å². The molecule has 1 aliphatic heterocycles. The molecule has 0 amide bonds. The fourth-order valence-corrected chi connectivity index (χ4v) is 3.63. The molecule has 3 rings (SSSR count). The van der Waals surface area contributed by atoms with Crippen LogP contribution >= 0.6 is 0 Å². The maximum absolute atomic E-state index is 13.6. The Morgan fingerprint density at radius 3 is 2.63 bits per heavy atom. The zero-order chi connectivity index (χ0) is 22.0. The number of hydrogen-bond acceptors (Lipinski definition) is 7. The van der Waals surface area contributed by atoms with Crippen molar-refractivity contribution in [1.29, 1.82) is 0 Å². The third kappa shape index (κ3) is 3.91. The predicted molar refractivity (Wildman–Crippen MR) is 113 cm³/mol. The number of carbonyl (C=O) groups excluding carboxylic acids is 1. The summed E-state index contributed by atoms with van der Waals surface area (Å²) >= 11 is 0. The fraction of sp³-hybridized carbons (Fsp3) is 0.364. The Balaban J connectivity index is 2.27. The zero-order valence-corrected chi connectivity index (χ0v) is 17.9. The number of pyridine rings is 1. The Morgan fingerprint density at radius 2 is 2.00 bits per heavy atom. The molecule has 0 fully saturated rings. The van der Waals surface area contributed by atoms with Crippen LogP contribution in [0.4, 0.5) is 0 Å². The number of likely N-dealkylation sites (N-methyl/N-ethyl adjacent to an activating group) is 1. The normalized spacial score (nSPS) is 15.6. The number of aromatic nitrogens is 1. The first-order chi connectivity index (χ1) is 14.3. The lowest BCUT2D eigenvalue weighted by molar-refractivity contribution is -0.136. The number of hydrogen-bond donors (Lipinski definition) is 1. The van der Waals surface area contributed by atoms with Gasteiger partial charge in [-0.3, -0.25) is 4.79 Å². The summed E-state index contributed by atoms with van der Waals surface area (Å²) < 4.78 is 17.7. The molecular formula is C22H27N3O5. The van der Waals surface area contributed by atoms with Crippen molar-refractivity contribution >= 4 is 5.97 Å². The minimum Gasteiger partial charge on any atom is -0.497 e. The van der Waals surface area contributed by atoms with Gasteiger partial charge in [-0.1, -0.05) is 12.1 Å². The van der Waals surface area contributed by atoms with Gasteiger partial charge in [0, 0.05) is 24.8 Å². The van der Waals surface area contributed by atoms with Crippen molar-refractivity contribution in [3.05, 3.63) is 69.0 Å². The Bertz CT molecular complexity index is 1060. The van der Waals surface area contributed by atoms with Gasteiger partial charge in [0.15, 0.2) is 0 Å². The fourth-order valence-electron chi connectivity index (χ4n) is 3.63. The average Bonchev–Trinajstić information content (AvgIpc) is 2.71. The molecule has 0 saturated carbocycles. The molecule has 8 nitrogen and oxygen atoms in total. The van der Waals surface area contributed by atoms with Crippen LogP contribution in [0.5, 0.6) is 11.5 Å². The highest BCUT2D eigenvalue weighted by Gasteiger charge is 2.38. The molecule has 8 heteroatoms. The molecule has 2 heterocycles. The number of fused-ring (bicyclic) bond motifs is 1. The Hall–Kier alpha value is -3.26. The minimum absolute atomic E-state index is 0.0768.